The Balaban J connectivity index is 1.51. The van der Waals surface area contributed by atoms with Gasteiger partial charge in [0.05, 0.1) is 5.69 Å². The van der Waals surface area contributed by atoms with Crippen LogP contribution in [0.5, 0.6) is 0 Å². The lowest BCUT2D eigenvalue weighted by Crippen LogP contribution is -2.40. The average molecular weight is 398 g/mol. The summed E-state index contributed by atoms with van der Waals surface area (Å²) < 4.78 is 24.5. The van der Waals surface area contributed by atoms with Gasteiger partial charge in [-0.2, -0.15) is 8.42 Å². The molecular weight excluding hydrogens is 374 g/mol. The maximum absolute atomic E-state index is 11.1. The molecule has 146 valence electrons. The van der Waals surface area contributed by atoms with Gasteiger partial charge in [-0.3, -0.25) is 0 Å². The summed E-state index contributed by atoms with van der Waals surface area (Å²) >= 11 is 0. The quantitative estimate of drug-likeness (QED) is 0.688. The second-order valence-electron chi connectivity index (χ2n) is 7.11. The Hall–Kier alpha value is -2.55. The molecule has 0 saturated carbocycles. The van der Waals surface area contributed by atoms with Crippen LogP contribution in [0.2, 0.25) is 0 Å². The van der Waals surface area contributed by atoms with Crippen molar-refractivity contribution in [2.75, 3.05) is 24.5 Å². The van der Waals surface area contributed by atoms with Crippen LogP contribution >= 0.6 is 0 Å². The molecule has 0 aliphatic carbocycles. The number of nitrogens with two attached hydrogens (primary N) is 1. The molecule has 28 heavy (non-hydrogen) atoms. The van der Waals surface area contributed by atoms with Gasteiger partial charge in [-0.1, -0.05) is 42.5 Å². The number of anilines is 1. The summed E-state index contributed by atoms with van der Waals surface area (Å²) in [7, 11) is -3.63. The van der Waals surface area contributed by atoms with Crippen LogP contribution in [0.15, 0.2) is 54.9 Å². The zero-order valence-electron chi connectivity index (χ0n) is 15.5. The van der Waals surface area contributed by atoms with E-state index in [2.05, 4.69) is 43.9 Å². The minimum absolute atomic E-state index is 0.286. The highest BCUT2D eigenvalue weighted by Gasteiger charge is 2.21. The first-order valence-corrected chi connectivity index (χ1v) is 10.9. The first-order chi connectivity index (χ1) is 13.5. The fourth-order valence-corrected chi connectivity index (χ4v) is 4.18. The molecule has 0 atom stereocenters. The third-order valence-corrected chi connectivity index (χ3v) is 5.80. The van der Waals surface area contributed by atoms with Crippen LogP contribution in [-0.4, -0.2) is 38.0 Å². The first kappa shape index (κ1) is 18.8. The van der Waals surface area contributed by atoms with Crippen LogP contribution in [0, 0.1) is 5.92 Å². The van der Waals surface area contributed by atoms with Crippen molar-refractivity contribution in [3.63, 3.8) is 0 Å². The van der Waals surface area contributed by atoms with Crippen molar-refractivity contribution in [3.05, 3.63) is 54.9 Å². The largest absolute Gasteiger partial charge is 0.356 e. The molecule has 0 unspecified atom stereocenters. The number of nitrogens with one attached hydrogen (secondary N) is 1. The standard InChI is InChI=1S/C20H23N5O2S/c21-28(26,27)24-13-15-8-10-25(11-9-15)20-12-19(22-14-23-20)18-7-3-5-16-4-1-2-6-17(16)18/h1-7,12,14-15,24H,8-11,13H2,(H2,21,26,27). The molecule has 7 nitrogen and oxygen atoms in total. The maximum Gasteiger partial charge on any atom is 0.274 e. The van der Waals surface area contributed by atoms with E-state index < -0.39 is 10.2 Å². The molecule has 0 amide bonds. The number of fused-ring (bicyclic) bond motifs is 1. The minimum Gasteiger partial charge on any atom is -0.356 e. The fraction of sp³-hybridized carbons (Fsp3) is 0.300. The molecule has 1 saturated heterocycles. The molecule has 0 bridgehead atoms. The predicted molar refractivity (Wildman–Crippen MR) is 111 cm³/mol. The summed E-state index contributed by atoms with van der Waals surface area (Å²) in [6.07, 6.45) is 3.38. The minimum atomic E-state index is -3.63. The van der Waals surface area contributed by atoms with Gasteiger partial charge < -0.3 is 4.90 Å². The van der Waals surface area contributed by atoms with Crippen molar-refractivity contribution in [3.8, 4) is 11.3 Å². The SMILES string of the molecule is NS(=O)(=O)NCC1CCN(c2cc(-c3cccc4ccccc34)ncn2)CC1. The molecule has 8 heteroatoms. The van der Waals surface area contributed by atoms with Crippen molar-refractivity contribution >= 4 is 26.8 Å². The van der Waals surface area contributed by atoms with Crippen molar-refractivity contribution in [1.29, 1.82) is 0 Å². The van der Waals surface area contributed by atoms with E-state index in [1.54, 1.807) is 6.33 Å². The Morgan fingerprint density at radius 1 is 1.07 bits per heavy atom. The Morgan fingerprint density at radius 2 is 1.82 bits per heavy atom. The van der Waals surface area contributed by atoms with Crippen LogP contribution < -0.4 is 14.8 Å². The van der Waals surface area contributed by atoms with Crippen LogP contribution in [0.1, 0.15) is 12.8 Å². The molecule has 2 aromatic carbocycles. The zero-order chi connectivity index (χ0) is 19.6. The Labute approximate surface area is 164 Å². The van der Waals surface area contributed by atoms with Crippen molar-refractivity contribution in [2.45, 2.75) is 12.8 Å². The van der Waals surface area contributed by atoms with E-state index in [4.69, 9.17) is 5.14 Å². The number of aromatic nitrogens is 2. The zero-order valence-corrected chi connectivity index (χ0v) is 16.3. The molecule has 1 aromatic heterocycles. The molecule has 0 radical (unpaired) electrons. The highest BCUT2D eigenvalue weighted by Crippen LogP contribution is 2.29. The monoisotopic (exact) mass is 397 g/mol. The third-order valence-electron chi connectivity index (χ3n) is 5.23. The van der Waals surface area contributed by atoms with Crippen molar-refractivity contribution in [1.82, 2.24) is 14.7 Å². The van der Waals surface area contributed by atoms with Gasteiger partial charge >= 0.3 is 0 Å². The molecule has 0 spiro atoms. The Bertz CT molecular complexity index is 1070. The third kappa shape index (κ3) is 4.30. The maximum atomic E-state index is 11.1. The number of rotatable bonds is 5. The topological polar surface area (TPSA) is 101 Å². The fourth-order valence-electron chi connectivity index (χ4n) is 3.72. The molecule has 2 heterocycles. The molecule has 4 rings (SSSR count). The summed E-state index contributed by atoms with van der Waals surface area (Å²) in [4.78, 5) is 11.2. The summed E-state index contributed by atoms with van der Waals surface area (Å²) in [6.45, 7) is 2.03. The van der Waals surface area contributed by atoms with Gasteiger partial charge in [0.2, 0.25) is 0 Å². The van der Waals surface area contributed by atoms with E-state index in [0.717, 1.165) is 43.0 Å². The highest BCUT2D eigenvalue weighted by atomic mass is 32.2. The lowest BCUT2D eigenvalue weighted by molar-refractivity contribution is 0.400. The van der Waals surface area contributed by atoms with Crippen LogP contribution in [0.3, 0.4) is 0 Å². The molecule has 3 N–H and O–H groups in total. The second-order valence-corrected chi connectivity index (χ2v) is 8.49. The van der Waals surface area contributed by atoms with Crippen LogP contribution in [0.25, 0.3) is 22.0 Å². The Morgan fingerprint density at radius 3 is 2.61 bits per heavy atom. The van der Waals surface area contributed by atoms with E-state index in [1.165, 1.54) is 10.8 Å². The van der Waals surface area contributed by atoms with E-state index in [-0.39, 0.29) is 5.92 Å². The van der Waals surface area contributed by atoms with Gasteiger partial charge in [0.15, 0.2) is 0 Å². The number of hydrogen-bond donors (Lipinski definition) is 2. The van der Waals surface area contributed by atoms with Crippen molar-refractivity contribution < 1.29 is 8.42 Å². The van der Waals surface area contributed by atoms with Crippen LogP contribution in [-0.2, 0) is 10.2 Å². The molecular formula is C20H23N5O2S. The normalized spacial score (nSPS) is 15.8. The summed E-state index contributed by atoms with van der Waals surface area (Å²) in [5.74, 6) is 1.18. The van der Waals surface area contributed by atoms with Gasteiger partial charge in [0.25, 0.3) is 10.2 Å². The second kappa shape index (κ2) is 7.83. The van der Waals surface area contributed by atoms with Crippen molar-refractivity contribution in [2.24, 2.45) is 11.1 Å². The molecule has 1 aliphatic rings. The molecule has 3 aromatic rings. The number of benzene rings is 2. The van der Waals surface area contributed by atoms with E-state index >= 15 is 0 Å². The number of piperidine rings is 1. The summed E-state index contributed by atoms with van der Waals surface area (Å²) in [5.41, 5.74) is 1.99. The molecule has 1 aliphatic heterocycles. The first-order valence-electron chi connectivity index (χ1n) is 9.32. The smallest absolute Gasteiger partial charge is 0.274 e. The van der Waals surface area contributed by atoms with Crippen LogP contribution in [0.4, 0.5) is 5.82 Å². The number of nitrogens with zero attached hydrogens (tertiary/aromatic N) is 3. The average Bonchev–Trinajstić information content (AvgIpc) is 2.72. The van der Waals surface area contributed by atoms with Gasteiger partial charge in [-0.05, 0) is 29.5 Å². The van der Waals surface area contributed by atoms with E-state index in [0.29, 0.717) is 6.54 Å². The van der Waals surface area contributed by atoms with Gasteiger partial charge in [0, 0.05) is 31.3 Å². The van der Waals surface area contributed by atoms with Gasteiger partial charge in [-0.15, -0.1) is 0 Å². The summed E-state index contributed by atoms with van der Waals surface area (Å²) in [5, 5.41) is 7.37. The van der Waals surface area contributed by atoms with Gasteiger partial charge in [-0.25, -0.2) is 19.8 Å². The van der Waals surface area contributed by atoms with Gasteiger partial charge in [0.1, 0.15) is 12.1 Å². The van der Waals surface area contributed by atoms with E-state index in [1.807, 2.05) is 24.3 Å². The Kier molecular flexibility index (Phi) is 5.25. The lowest BCUT2D eigenvalue weighted by atomic mass is 9.97. The predicted octanol–water partition coefficient (Wildman–Crippen LogP) is 2.31. The summed E-state index contributed by atoms with van der Waals surface area (Å²) in [6, 6.07) is 16.5. The lowest BCUT2D eigenvalue weighted by Gasteiger charge is -2.32. The highest BCUT2D eigenvalue weighted by molar-refractivity contribution is 7.87. The molecule has 1 fully saturated rings. The number of hydrogen-bond acceptors (Lipinski definition) is 5. The van der Waals surface area contributed by atoms with E-state index in [9.17, 15) is 8.42 Å².